The highest BCUT2D eigenvalue weighted by molar-refractivity contribution is 7.98. The summed E-state index contributed by atoms with van der Waals surface area (Å²) in [6, 6.07) is 22.8. The summed E-state index contributed by atoms with van der Waals surface area (Å²) in [7, 11) is 0. The van der Waals surface area contributed by atoms with Crippen LogP contribution in [0.3, 0.4) is 0 Å². The van der Waals surface area contributed by atoms with Crippen molar-refractivity contribution in [3.8, 4) is 5.75 Å². The van der Waals surface area contributed by atoms with Crippen molar-refractivity contribution in [2.24, 2.45) is 0 Å². The molecule has 2 heterocycles. The molecule has 0 amide bonds. The largest absolute Gasteiger partial charge is 0.483 e. The van der Waals surface area contributed by atoms with E-state index in [1.807, 2.05) is 34.9 Å². The summed E-state index contributed by atoms with van der Waals surface area (Å²) >= 11 is 1.56. The number of aromatic nitrogens is 4. The molecule has 0 bridgehead atoms. The Morgan fingerprint density at radius 3 is 2.45 bits per heavy atom. The number of para-hydroxylation sites is 2. The van der Waals surface area contributed by atoms with Gasteiger partial charge in [-0.15, -0.1) is 16.8 Å². The van der Waals surface area contributed by atoms with Crippen molar-refractivity contribution in [2.45, 2.75) is 24.1 Å². The Balaban J connectivity index is 1.41. The summed E-state index contributed by atoms with van der Waals surface area (Å²) < 4.78 is 21.5. The fourth-order valence-electron chi connectivity index (χ4n) is 3.77. The summed E-state index contributed by atoms with van der Waals surface area (Å²) in [6.07, 6.45) is 1.78. The summed E-state index contributed by atoms with van der Waals surface area (Å²) in [5.41, 5.74) is 1.96. The van der Waals surface area contributed by atoms with E-state index in [0.717, 1.165) is 27.1 Å². The predicted molar refractivity (Wildman–Crippen MR) is 130 cm³/mol. The van der Waals surface area contributed by atoms with Gasteiger partial charge in [0.25, 0.3) is 0 Å². The Bertz CT molecular complexity index is 1450. The molecular weight excluding hydrogens is 435 g/mol. The molecule has 0 saturated carbocycles. The van der Waals surface area contributed by atoms with E-state index in [2.05, 4.69) is 35.0 Å². The maximum absolute atomic E-state index is 13.9. The number of fused-ring (bicyclic) bond motifs is 3. The summed E-state index contributed by atoms with van der Waals surface area (Å²) in [4.78, 5) is 4.92. The van der Waals surface area contributed by atoms with Gasteiger partial charge in [0.15, 0.2) is 22.5 Å². The zero-order chi connectivity index (χ0) is 22.6. The lowest BCUT2D eigenvalue weighted by Gasteiger charge is -2.11. The van der Waals surface area contributed by atoms with Gasteiger partial charge in [-0.3, -0.25) is 9.55 Å². The number of allylic oxidation sites excluding steroid dienone is 1. The number of ether oxygens (including phenoxy) is 1. The Morgan fingerprint density at radius 2 is 1.64 bits per heavy atom. The van der Waals surface area contributed by atoms with Gasteiger partial charge in [-0.25, -0.2) is 4.39 Å². The molecule has 0 atom stereocenters. The Kier molecular flexibility index (Phi) is 6.04. The molecule has 0 N–H and O–H groups in total. The highest BCUT2D eigenvalue weighted by Gasteiger charge is 2.15. The minimum absolute atomic E-state index is 0.111. The highest BCUT2D eigenvalue weighted by Crippen LogP contribution is 2.30. The van der Waals surface area contributed by atoms with Crippen molar-refractivity contribution in [3.63, 3.8) is 0 Å². The Labute approximate surface area is 194 Å². The third-order valence-electron chi connectivity index (χ3n) is 5.32. The van der Waals surface area contributed by atoms with E-state index in [1.54, 1.807) is 36.0 Å². The van der Waals surface area contributed by atoms with Crippen molar-refractivity contribution in [3.05, 3.63) is 103 Å². The van der Waals surface area contributed by atoms with Gasteiger partial charge in [-0.05, 0) is 23.6 Å². The second kappa shape index (κ2) is 9.42. The maximum Gasteiger partial charge on any atom is 0.191 e. The molecule has 0 spiro atoms. The van der Waals surface area contributed by atoms with E-state index < -0.39 is 5.82 Å². The second-order valence-corrected chi connectivity index (χ2v) is 8.37. The van der Waals surface area contributed by atoms with E-state index in [0.29, 0.717) is 18.1 Å². The van der Waals surface area contributed by atoms with Crippen molar-refractivity contribution >= 4 is 33.4 Å². The van der Waals surface area contributed by atoms with Crippen LogP contribution in [0.4, 0.5) is 4.39 Å². The normalized spacial score (nSPS) is 11.2. The van der Waals surface area contributed by atoms with Crippen molar-refractivity contribution in [1.29, 1.82) is 0 Å². The summed E-state index contributed by atoms with van der Waals surface area (Å²) in [6.45, 7) is 4.48. The average Bonchev–Trinajstić information content (AvgIpc) is 3.23. The van der Waals surface area contributed by atoms with E-state index in [1.165, 1.54) is 11.5 Å². The highest BCUT2D eigenvalue weighted by atomic mass is 32.2. The molecule has 7 heteroatoms. The smallest absolute Gasteiger partial charge is 0.191 e. The first-order valence-corrected chi connectivity index (χ1v) is 11.5. The minimum atomic E-state index is -0.406. The molecule has 0 saturated heterocycles. The van der Waals surface area contributed by atoms with Gasteiger partial charge in [-0.2, -0.15) is 0 Å². The molecule has 5 nitrogen and oxygen atoms in total. The van der Waals surface area contributed by atoms with Gasteiger partial charge in [-0.1, -0.05) is 72.4 Å². The topological polar surface area (TPSA) is 52.8 Å². The van der Waals surface area contributed by atoms with Crippen LogP contribution in [0, 0.1) is 5.82 Å². The quantitative estimate of drug-likeness (QED) is 0.159. The molecule has 0 aliphatic carbocycles. The van der Waals surface area contributed by atoms with E-state index >= 15 is 0 Å². The number of benzene rings is 3. The Morgan fingerprint density at radius 1 is 0.909 bits per heavy atom. The first kappa shape index (κ1) is 21.2. The molecule has 5 rings (SSSR count). The van der Waals surface area contributed by atoms with Gasteiger partial charge in [0.05, 0.1) is 11.2 Å². The second-order valence-electron chi connectivity index (χ2n) is 7.43. The van der Waals surface area contributed by atoms with Crippen LogP contribution in [0.2, 0.25) is 0 Å². The SMILES string of the molecule is C=CCn1c(COc2ccccc2F)nnc1SCc1nc2ccccc2c2ccccc12. The van der Waals surface area contributed by atoms with Crippen LogP contribution >= 0.6 is 11.8 Å². The van der Waals surface area contributed by atoms with E-state index in [9.17, 15) is 4.39 Å². The van der Waals surface area contributed by atoms with Gasteiger partial charge in [0.2, 0.25) is 0 Å². The predicted octanol–water partition coefficient (Wildman–Crippen LogP) is 6.18. The minimum Gasteiger partial charge on any atom is -0.483 e. The number of pyridine rings is 1. The van der Waals surface area contributed by atoms with E-state index in [4.69, 9.17) is 9.72 Å². The summed E-state index contributed by atoms with van der Waals surface area (Å²) in [5.74, 6) is 1.02. The molecule has 0 aliphatic heterocycles. The van der Waals surface area contributed by atoms with Gasteiger partial charge in [0, 0.05) is 23.1 Å². The van der Waals surface area contributed by atoms with Gasteiger partial charge >= 0.3 is 0 Å². The van der Waals surface area contributed by atoms with Crippen LogP contribution in [0.5, 0.6) is 5.75 Å². The zero-order valence-corrected chi connectivity index (χ0v) is 18.6. The number of halogens is 1. The van der Waals surface area contributed by atoms with Gasteiger partial charge in [0.1, 0.15) is 6.61 Å². The lowest BCUT2D eigenvalue weighted by molar-refractivity contribution is 0.275. The standard InChI is InChI=1S/C26H21FN4OS/c1-2-15-31-25(16-32-24-14-8-6-12-21(24)27)29-30-26(31)33-17-23-20-11-4-3-9-18(20)19-10-5-7-13-22(19)28-23/h2-14H,1,15-17H2. The zero-order valence-electron chi connectivity index (χ0n) is 17.8. The maximum atomic E-state index is 13.9. The molecule has 0 fully saturated rings. The molecule has 0 radical (unpaired) electrons. The molecular formula is C26H21FN4OS. The molecule has 33 heavy (non-hydrogen) atoms. The molecule has 5 aromatic rings. The molecule has 2 aromatic heterocycles. The average molecular weight is 457 g/mol. The lowest BCUT2D eigenvalue weighted by atomic mass is 10.0. The number of thioether (sulfide) groups is 1. The first-order chi connectivity index (χ1) is 16.2. The van der Waals surface area contributed by atoms with Crippen LogP contribution in [-0.4, -0.2) is 19.7 Å². The molecule has 0 aliphatic rings. The molecule has 3 aromatic carbocycles. The fraction of sp³-hybridized carbons (Fsp3) is 0.115. The van der Waals surface area contributed by atoms with Crippen molar-refractivity contribution in [1.82, 2.24) is 19.7 Å². The Hall–Kier alpha value is -3.71. The summed E-state index contributed by atoms with van der Waals surface area (Å²) in [5, 5.41) is 12.8. The first-order valence-electron chi connectivity index (χ1n) is 10.5. The fourth-order valence-corrected chi connectivity index (χ4v) is 4.69. The monoisotopic (exact) mass is 456 g/mol. The van der Waals surface area contributed by atoms with Crippen LogP contribution in [0.25, 0.3) is 21.7 Å². The number of hydrogen-bond donors (Lipinski definition) is 0. The third-order valence-corrected chi connectivity index (χ3v) is 6.30. The number of rotatable bonds is 8. The van der Waals surface area contributed by atoms with Crippen molar-refractivity contribution in [2.75, 3.05) is 0 Å². The number of nitrogens with zero attached hydrogens (tertiary/aromatic N) is 4. The number of hydrogen-bond acceptors (Lipinski definition) is 5. The third kappa shape index (κ3) is 4.32. The van der Waals surface area contributed by atoms with Crippen LogP contribution in [0.1, 0.15) is 11.5 Å². The molecule has 164 valence electrons. The van der Waals surface area contributed by atoms with Crippen molar-refractivity contribution < 1.29 is 9.13 Å². The molecule has 0 unspecified atom stereocenters. The van der Waals surface area contributed by atoms with Crippen LogP contribution in [0.15, 0.2) is 90.6 Å². The van der Waals surface area contributed by atoms with Crippen LogP contribution in [-0.2, 0) is 18.9 Å². The van der Waals surface area contributed by atoms with Gasteiger partial charge < -0.3 is 4.74 Å². The van der Waals surface area contributed by atoms with Crippen LogP contribution < -0.4 is 4.74 Å². The lowest BCUT2D eigenvalue weighted by Crippen LogP contribution is -2.08. The van der Waals surface area contributed by atoms with E-state index in [-0.39, 0.29) is 12.4 Å².